The third-order valence-electron chi connectivity index (χ3n) is 2.87. The van der Waals surface area contributed by atoms with Crippen LogP contribution in [-0.2, 0) is 0 Å². The molecule has 0 bridgehead atoms. The Morgan fingerprint density at radius 3 is 2.65 bits per heavy atom. The second kappa shape index (κ2) is 5.87. The van der Waals surface area contributed by atoms with Crippen LogP contribution >= 0.6 is 31.9 Å². The van der Waals surface area contributed by atoms with Crippen molar-refractivity contribution >= 4 is 43.6 Å². The molecule has 1 aliphatic rings. The van der Waals surface area contributed by atoms with Crippen molar-refractivity contribution in [2.24, 2.45) is 0 Å². The highest BCUT2D eigenvalue weighted by Gasteiger charge is 2.17. The second-order valence-electron chi connectivity index (χ2n) is 4.20. The van der Waals surface area contributed by atoms with Crippen molar-refractivity contribution in [3.8, 4) is 0 Å². The number of nitrogens with one attached hydrogen (secondary N) is 2. The smallest absolute Gasteiger partial charge is 0.319 e. The van der Waals surface area contributed by atoms with Crippen molar-refractivity contribution in [1.82, 2.24) is 5.32 Å². The minimum Gasteiger partial charge on any atom is -0.335 e. The Bertz CT molecular complexity index is 417. The normalized spacial score (nSPS) is 15.9. The van der Waals surface area contributed by atoms with E-state index in [9.17, 15) is 4.79 Å². The molecule has 1 fully saturated rings. The number of hydrogen-bond acceptors (Lipinski definition) is 1. The molecule has 92 valence electrons. The highest BCUT2D eigenvalue weighted by atomic mass is 79.9. The molecule has 0 aliphatic heterocycles. The topological polar surface area (TPSA) is 41.1 Å². The number of amides is 2. The molecule has 0 heterocycles. The van der Waals surface area contributed by atoms with Crippen molar-refractivity contribution in [3.05, 3.63) is 27.1 Å². The number of carbonyl (C=O) groups excluding carboxylic acids is 1. The summed E-state index contributed by atoms with van der Waals surface area (Å²) in [5.41, 5.74) is 0.773. The second-order valence-corrected chi connectivity index (χ2v) is 5.97. The van der Waals surface area contributed by atoms with E-state index in [-0.39, 0.29) is 6.03 Å². The van der Waals surface area contributed by atoms with Crippen LogP contribution in [0.25, 0.3) is 0 Å². The Hall–Kier alpha value is -0.550. The van der Waals surface area contributed by atoms with Gasteiger partial charge in [0.25, 0.3) is 0 Å². The molecule has 0 saturated heterocycles. The molecule has 0 radical (unpaired) electrons. The zero-order chi connectivity index (χ0) is 12.3. The van der Waals surface area contributed by atoms with Crippen molar-refractivity contribution in [3.63, 3.8) is 0 Å². The molecule has 1 saturated carbocycles. The van der Waals surface area contributed by atoms with E-state index < -0.39 is 0 Å². The molecule has 2 rings (SSSR count). The molecule has 0 atom stereocenters. The van der Waals surface area contributed by atoms with Gasteiger partial charge in [-0.05, 0) is 47.0 Å². The van der Waals surface area contributed by atoms with Gasteiger partial charge < -0.3 is 10.6 Å². The van der Waals surface area contributed by atoms with Crippen LogP contribution in [0.3, 0.4) is 0 Å². The van der Waals surface area contributed by atoms with E-state index in [0.29, 0.717) is 6.04 Å². The monoisotopic (exact) mass is 360 g/mol. The fraction of sp³-hybridized carbons (Fsp3) is 0.417. The first-order chi connectivity index (χ1) is 8.15. The van der Waals surface area contributed by atoms with Gasteiger partial charge in [-0.1, -0.05) is 28.8 Å². The fourth-order valence-corrected chi connectivity index (χ4v) is 2.71. The van der Waals surface area contributed by atoms with Gasteiger partial charge in [-0.25, -0.2) is 4.79 Å². The molecule has 1 aliphatic carbocycles. The van der Waals surface area contributed by atoms with Gasteiger partial charge in [0, 0.05) is 15.0 Å². The Morgan fingerprint density at radius 1 is 1.24 bits per heavy atom. The minimum absolute atomic E-state index is 0.129. The van der Waals surface area contributed by atoms with E-state index in [2.05, 4.69) is 42.5 Å². The molecule has 3 nitrogen and oxygen atoms in total. The van der Waals surface area contributed by atoms with E-state index in [1.807, 2.05) is 18.2 Å². The van der Waals surface area contributed by atoms with E-state index in [0.717, 1.165) is 27.5 Å². The van der Waals surface area contributed by atoms with Crippen LogP contribution in [-0.4, -0.2) is 12.1 Å². The lowest BCUT2D eigenvalue weighted by Gasteiger charge is -2.13. The van der Waals surface area contributed by atoms with E-state index in [1.54, 1.807) is 0 Å². The highest BCUT2D eigenvalue weighted by Crippen LogP contribution is 2.26. The fourth-order valence-electron chi connectivity index (χ4n) is 2.01. The van der Waals surface area contributed by atoms with Crippen LogP contribution in [0.15, 0.2) is 27.1 Å². The van der Waals surface area contributed by atoms with Crippen LogP contribution in [0.5, 0.6) is 0 Å². The quantitative estimate of drug-likeness (QED) is 0.811. The molecule has 5 heteroatoms. The summed E-state index contributed by atoms with van der Waals surface area (Å²) in [5.74, 6) is 0. The summed E-state index contributed by atoms with van der Waals surface area (Å²) in [7, 11) is 0. The van der Waals surface area contributed by atoms with Crippen LogP contribution in [0.1, 0.15) is 25.7 Å². The van der Waals surface area contributed by atoms with Crippen LogP contribution < -0.4 is 10.6 Å². The number of carbonyl (C=O) groups is 1. The Balaban J connectivity index is 1.95. The molecule has 0 spiro atoms. The first kappa shape index (κ1) is 12.9. The number of halogens is 2. The van der Waals surface area contributed by atoms with Gasteiger partial charge in [-0.2, -0.15) is 0 Å². The van der Waals surface area contributed by atoms with E-state index in [4.69, 9.17) is 0 Å². The first-order valence-corrected chi connectivity index (χ1v) is 7.26. The van der Waals surface area contributed by atoms with Gasteiger partial charge in [-0.3, -0.25) is 0 Å². The number of rotatable bonds is 2. The molecular weight excluding hydrogens is 348 g/mol. The van der Waals surface area contributed by atoms with Gasteiger partial charge in [0.15, 0.2) is 0 Å². The molecular formula is C12H14Br2N2O. The summed E-state index contributed by atoms with van der Waals surface area (Å²) in [5, 5.41) is 5.84. The molecule has 1 aromatic rings. The Morgan fingerprint density at radius 2 is 1.94 bits per heavy atom. The lowest BCUT2D eigenvalue weighted by Crippen LogP contribution is -2.36. The molecule has 17 heavy (non-hydrogen) atoms. The number of benzene rings is 1. The molecule has 0 aromatic heterocycles. The van der Waals surface area contributed by atoms with Crippen LogP contribution in [0.2, 0.25) is 0 Å². The average molecular weight is 362 g/mol. The minimum atomic E-state index is -0.129. The van der Waals surface area contributed by atoms with Crippen molar-refractivity contribution in [2.45, 2.75) is 31.7 Å². The lowest BCUT2D eigenvalue weighted by atomic mass is 10.2. The van der Waals surface area contributed by atoms with Crippen molar-refractivity contribution < 1.29 is 4.79 Å². The summed E-state index contributed by atoms with van der Waals surface area (Å²) in [6, 6.07) is 5.90. The lowest BCUT2D eigenvalue weighted by molar-refractivity contribution is 0.248. The zero-order valence-electron chi connectivity index (χ0n) is 9.30. The summed E-state index contributed by atoms with van der Waals surface area (Å²) in [4.78, 5) is 11.8. The molecule has 0 unspecified atom stereocenters. The maximum absolute atomic E-state index is 11.8. The molecule has 1 aromatic carbocycles. The van der Waals surface area contributed by atoms with Gasteiger partial charge in [0.1, 0.15) is 0 Å². The predicted molar refractivity (Wildman–Crippen MR) is 76.3 cm³/mol. The van der Waals surface area contributed by atoms with E-state index >= 15 is 0 Å². The maximum Gasteiger partial charge on any atom is 0.319 e. The summed E-state index contributed by atoms with van der Waals surface area (Å²) in [6.45, 7) is 0. The SMILES string of the molecule is O=C(Nc1cc(Br)ccc1Br)NC1CCCC1. The van der Waals surface area contributed by atoms with E-state index in [1.165, 1.54) is 12.8 Å². The Kier molecular flexibility index (Phi) is 4.45. The molecule has 2 N–H and O–H groups in total. The number of urea groups is 1. The number of anilines is 1. The standard InChI is InChI=1S/C12H14Br2N2O/c13-8-5-6-10(14)11(7-8)16-12(17)15-9-3-1-2-4-9/h5-7,9H,1-4H2,(H2,15,16,17). The summed E-state index contributed by atoms with van der Waals surface area (Å²) in [6.07, 6.45) is 4.61. The molecule has 2 amide bonds. The maximum atomic E-state index is 11.8. The van der Waals surface area contributed by atoms with Gasteiger partial charge in [-0.15, -0.1) is 0 Å². The van der Waals surface area contributed by atoms with Crippen LogP contribution in [0, 0.1) is 0 Å². The largest absolute Gasteiger partial charge is 0.335 e. The number of hydrogen-bond donors (Lipinski definition) is 2. The van der Waals surface area contributed by atoms with Gasteiger partial charge >= 0.3 is 6.03 Å². The summed E-state index contributed by atoms with van der Waals surface area (Å²) < 4.78 is 1.82. The first-order valence-electron chi connectivity index (χ1n) is 5.68. The third-order valence-corrected chi connectivity index (χ3v) is 4.05. The predicted octanol–water partition coefficient (Wildman–Crippen LogP) is 4.28. The van der Waals surface area contributed by atoms with Crippen molar-refractivity contribution in [2.75, 3.05) is 5.32 Å². The third kappa shape index (κ3) is 3.71. The summed E-state index contributed by atoms with van der Waals surface area (Å²) >= 11 is 6.79. The highest BCUT2D eigenvalue weighted by molar-refractivity contribution is 9.11. The van der Waals surface area contributed by atoms with Crippen molar-refractivity contribution in [1.29, 1.82) is 0 Å². The average Bonchev–Trinajstić information content (AvgIpc) is 2.76. The Labute approximate surface area is 118 Å². The van der Waals surface area contributed by atoms with Gasteiger partial charge in [0.05, 0.1) is 5.69 Å². The van der Waals surface area contributed by atoms with Gasteiger partial charge in [0.2, 0.25) is 0 Å². The zero-order valence-corrected chi connectivity index (χ0v) is 12.5. The van der Waals surface area contributed by atoms with Crippen LogP contribution in [0.4, 0.5) is 10.5 Å².